The second kappa shape index (κ2) is 9.06. The maximum Gasteiger partial charge on any atom is 0.281 e. The molecule has 11 heteroatoms. The van der Waals surface area contributed by atoms with Crippen LogP contribution in [-0.2, 0) is 16.6 Å². The quantitative estimate of drug-likeness (QED) is 0.522. The van der Waals surface area contributed by atoms with Gasteiger partial charge in [-0.1, -0.05) is 13.0 Å². The first-order chi connectivity index (χ1) is 15.7. The van der Waals surface area contributed by atoms with E-state index in [0.29, 0.717) is 24.1 Å². The first-order valence-electron chi connectivity index (χ1n) is 10.6. The van der Waals surface area contributed by atoms with Gasteiger partial charge in [-0.15, -0.1) is 11.3 Å². The molecule has 33 heavy (non-hydrogen) atoms. The van der Waals surface area contributed by atoms with Gasteiger partial charge in [0.1, 0.15) is 16.6 Å². The lowest BCUT2D eigenvalue weighted by Gasteiger charge is -2.36. The van der Waals surface area contributed by atoms with Crippen LogP contribution in [0.15, 0.2) is 53.1 Å². The van der Waals surface area contributed by atoms with Gasteiger partial charge < -0.3 is 10.2 Å². The summed E-state index contributed by atoms with van der Waals surface area (Å²) in [5.74, 6) is 0.515. The zero-order valence-corrected chi connectivity index (χ0v) is 20.3. The molecule has 0 aliphatic carbocycles. The summed E-state index contributed by atoms with van der Waals surface area (Å²) in [6, 6.07) is 7.79. The van der Waals surface area contributed by atoms with Crippen LogP contribution in [0.2, 0.25) is 0 Å². The zero-order chi connectivity index (χ0) is 23.6. The molecule has 4 rings (SSSR count). The molecular formula is C22H26N6O3S2. The van der Waals surface area contributed by atoms with Crippen molar-refractivity contribution < 1.29 is 13.2 Å². The van der Waals surface area contributed by atoms with Gasteiger partial charge in [0, 0.05) is 29.9 Å². The van der Waals surface area contributed by atoms with Crippen LogP contribution in [0.1, 0.15) is 42.6 Å². The molecule has 1 atom stereocenters. The first-order valence-corrected chi connectivity index (χ1v) is 12.9. The smallest absolute Gasteiger partial charge is 0.281 e. The van der Waals surface area contributed by atoms with E-state index in [4.69, 9.17) is 0 Å². The molecule has 1 amide bonds. The molecule has 174 valence electrons. The van der Waals surface area contributed by atoms with Gasteiger partial charge in [0.25, 0.3) is 15.9 Å². The third kappa shape index (κ3) is 4.83. The Morgan fingerprint density at radius 3 is 2.73 bits per heavy atom. The summed E-state index contributed by atoms with van der Waals surface area (Å²) in [4.78, 5) is 27.9. The third-order valence-electron chi connectivity index (χ3n) is 6.10. The molecule has 4 heterocycles. The summed E-state index contributed by atoms with van der Waals surface area (Å²) in [6.45, 7) is 7.53. The number of thiazole rings is 1. The van der Waals surface area contributed by atoms with E-state index in [1.54, 1.807) is 36.7 Å². The minimum Gasteiger partial charge on any atom is -0.364 e. The summed E-state index contributed by atoms with van der Waals surface area (Å²) in [6.07, 6.45) is 4.27. The van der Waals surface area contributed by atoms with Crippen molar-refractivity contribution in [1.29, 1.82) is 0 Å². The second-order valence-electron chi connectivity index (χ2n) is 8.44. The number of amides is 1. The molecule has 1 aliphatic rings. The average molecular weight is 487 g/mol. The maximum absolute atomic E-state index is 13.1. The molecule has 0 aromatic carbocycles. The van der Waals surface area contributed by atoms with Gasteiger partial charge >= 0.3 is 0 Å². The Morgan fingerprint density at radius 2 is 2.03 bits per heavy atom. The minimum atomic E-state index is -4.19. The van der Waals surface area contributed by atoms with Crippen molar-refractivity contribution in [1.82, 2.24) is 19.7 Å². The number of nitrogens with zero attached hydrogens (tertiary/aromatic N) is 4. The van der Waals surface area contributed by atoms with E-state index < -0.39 is 15.9 Å². The molecule has 2 N–H and O–H groups in total. The van der Waals surface area contributed by atoms with Crippen molar-refractivity contribution in [2.24, 2.45) is 5.92 Å². The number of aromatic nitrogens is 3. The number of pyridine rings is 2. The van der Waals surface area contributed by atoms with Crippen LogP contribution in [0.25, 0.3) is 0 Å². The van der Waals surface area contributed by atoms with Crippen molar-refractivity contribution in [3.8, 4) is 0 Å². The average Bonchev–Trinajstić information content (AvgIpc) is 3.40. The Balaban J connectivity index is 1.54. The highest BCUT2D eigenvalue weighted by atomic mass is 32.2. The number of carbonyl (C=O) groups is 1. The fraction of sp³-hybridized carbons (Fsp3) is 0.364. The predicted molar refractivity (Wildman–Crippen MR) is 128 cm³/mol. The van der Waals surface area contributed by atoms with Crippen molar-refractivity contribution in [2.75, 3.05) is 16.8 Å². The summed E-state index contributed by atoms with van der Waals surface area (Å²) >= 11 is 1.48. The molecule has 3 aromatic heterocycles. The summed E-state index contributed by atoms with van der Waals surface area (Å²) in [7, 11) is -4.19. The Bertz CT molecular complexity index is 1240. The van der Waals surface area contributed by atoms with E-state index in [0.717, 1.165) is 18.0 Å². The van der Waals surface area contributed by atoms with E-state index in [9.17, 15) is 13.2 Å². The van der Waals surface area contributed by atoms with Gasteiger partial charge in [-0.25, -0.2) is 19.7 Å². The van der Waals surface area contributed by atoms with Gasteiger partial charge in [0.15, 0.2) is 5.03 Å². The Morgan fingerprint density at radius 1 is 1.21 bits per heavy atom. The Labute approximate surface area is 197 Å². The molecular weight excluding hydrogens is 460 g/mol. The van der Waals surface area contributed by atoms with Gasteiger partial charge in [0.05, 0.1) is 12.1 Å². The first kappa shape index (κ1) is 23.1. The lowest BCUT2D eigenvalue weighted by molar-refractivity contribution is 0.0981. The van der Waals surface area contributed by atoms with Crippen LogP contribution < -0.4 is 14.9 Å². The van der Waals surface area contributed by atoms with Crippen LogP contribution >= 0.6 is 11.3 Å². The monoisotopic (exact) mass is 486 g/mol. The summed E-state index contributed by atoms with van der Waals surface area (Å²) in [5, 5.41) is 5.50. The number of nitrogens with one attached hydrogen (secondary N) is 2. The van der Waals surface area contributed by atoms with Gasteiger partial charge in [-0.3, -0.25) is 4.79 Å². The van der Waals surface area contributed by atoms with Crippen LogP contribution in [0.3, 0.4) is 0 Å². The number of rotatable bonds is 7. The van der Waals surface area contributed by atoms with Gasteiger partial charge in [-0.05, 0) is 50.5 Å². The molecule has 0 radical (unpaired) electrons. The summed E-state index contributed by atoms with van der Waals surface area (Å²) < 4.78 is 28.0. The zero-order valence-electron chi connectivity index (χ0n) is 18.6. The molecule has 1 saturated heterocycles. The molecule has 1 fully saturated rings. The largest absolute Gasteiger partial charge is 0.364 e. The fourth-order valence-corrected chi connectivity index (χ4v) is 5.29. The van der Waals surface area contributed by atoms with Crippen LogP contribution in [0.5, 0.6) is 0 Å². The summed E-state index contributed by atoms with van der Waals surface area (Å²) in [5.41, 5.74) is 0.00243. The molecule has 9 nitrogen and oxygen atoms in total. The highest BCUT2D eigenvalue weighted by Crippen LogP contribution is 2.38. The molecule has 3 aromatic rings. The molecule has 1 aliphatic heterocycles. The van der Waals surface area contributed by atoms with Crippen LogP contribution in [0, 0.1) is 5.92 Å². The van der Waals surface area contributed by atoms with E-state index in [2.05, 4.69) is 50.7 Å². The molecule has 0 saturated carbocycles. The second-order valence-corrected chi connectivity index (χ2v) is 11.1. The molecule has 0 spiro atoms. The number of hydrogen-bond donors (Lipinski definition) is 2. The normalized spacial score (nSPS) is 17.7. The molecule has 1 unspecified atom stereocenters. The van der Waals surface area contributed by atoms with E-state index in [1.165, 1.54) is 17.4 Å². The van der Waals surface area contributed by atoms with Crippen LogP contribution in [0.4, 0.5) is 11.6 Å². The number of sulfonamides is 1. The van der Waals surface area contributed by atoms with Crippen LogP contribution in [-0.4, -0.2) is 41.4 Å². The SMILES string of the molecule is CC1CCN(c2ncccc2C(=O)NS(=O)(=O)c2cccc(NCc3nccs3)n2)C1(C)C. The highest BCUT2D eigenvalue weighted by molar-refractivity contribution is 7.90. The lowest BCUT2D eigenvalue weighted by Crippen LogP contribution is -2.43. The van der Waals surface area contributed by atoms with Crippen molar-refractivity contribution in [2.45, 2.75) is 44.3 Å². The third-order valence-corrected chi connectivity index (χ3v) is 8.12. The minimum absolute atomic E-state index is 0.207. The van der Waals surface area contributed by atoms with Gasteiger partial charge in [-0.2, -0.15) is 8.42 Å². The molecule has 0 bridgehead atoms. The van der Waals surface area contributed by atoms with Crippen molar-refractivity contribution in [3.63, 3.8) is 0 Å². The topological polar surface area (TPSA) is 117 Å². The maximum atomic E-state index is 13.1. The number of carbonyl (C=O) groups excluding carboxylic acids is 1. The number of anilines is 2. The number of hydrogen-bond acceptors (Lipinski definition) is 9. The Hall–Kier alpha value is -3.05. The predicted octanol–water partition coefficient (Wildman–Crippen LogP) is 3.29. The fourth-order valence-electron chi connectivity index (χ4n) is 3.80. The van der Waals surface area contributed by atoms with Gasteiger partial charge in [0.2, 0.25) is 0 Å². The van der Waals surface area contributed by atoms with Crippen molar-refractivity contribution in [3.05, 3.63) is 58.7 Å². The Kier molecular flexibility index (Phi) is 6.35. The standard InChI is InChI=1S/C22H26N6O3S2/c1-15-9-12-28(22(15,2)3)20-16(6-5-10-24-20)21(29)27-33(30,31)19-8-4-7-17(26-19)25-14-18-23-11-13-32-18/h4-8,10-11,13,15H,9,12,14H2,1-3H3,(H,25,26)(H,27,29). The highest BCUT2D eigenvalue weighted by Gasteiger charge is 2.40. The van der Waals surface area contributed by atoms with E-state index in [1.807, 2.05) is 5.38 Å². The van der Waals surface area contributed by atoms with E-state index >= 15 is 0 Å². The van der Waals surface area contributed by atoms with Crippen molar-refractivity contribution >= 4 is 38.9 Å². The lowest BCUT2D eigenvalue weighted by atomic mass is 9.90. The van der Waals surface area contributed by atoms with E-state index in [-0.39, 0.29) is 16.1 Å².